The van der Waals surface area contributed by atoms with Crippen LogP contribution >= 0.6 is 15.9 Å². The van der Waals surface area contributed by atoms with Gasteiger partial charge in [0.1, 0.15) is 0 Å². The van der Waals surface area contributed by atoms with Crippen molar-refractivity contribution in [3.63, 3.8) is 0 Å². The molecular weight excluding hydrogens is 362 g/mol. The van der Waals surface area contributed by atoms with Crippen LogP contribution in [0, 0.1) is 0 Å². The number of carbonyl (C=O) groups is 3. The molecule has 7 heteroatoms. The number of hydrogen-bond acceptors (Lipinski definition) is 3. The summed E-state index contributed by atoms with van der Waals surface area (Å²) in [6.45, 7) is 1.41. The summed E-state index contributed by atoms with van der Waals surface area (Å²) in [5.41, 5.74) is 6.75. The highest BCUT2D eigenvalue weighted by Crippen LogP contribution is 2.19. The fraction of sp³-hybridized carbons (Fsp3) is 0.0625. The van der Waals surface area contributed by atoms with E-state index in [1.807, 2.05) is 0 Å². The van der Waals surface area contributed by atoms with Gasteiger partial charge in [0.15, 0.2) is 0 Å². The second kappa shape index (κ2) is 7.06. The van der Waals surface area contributed by atoms with Crippen LogP contribution < -0.4 is 16.4 Å². The van der Waals surface area contributed by atoms with Crippen molar-refractivity contribution in [2.75, 3.05) is 10.6 Å². The van der Waals surface area contributed by atoms with Gasteiger partial charge in [-0.3, -0.25) is 14.4 Å². The standard InChI is InChI=1S/C16H14BrN3O3/c1-9(21)19-11-3-5-12(6-4-11)20-16(23)14-8-10(17)2-7-13(14)15(18)22/h2-8H,1H3,(H2,18,22)(H,19,21)(H,20,23). The van der Waals surface area contributed by atoms with E-state index in [0.29, 0.717) is 15.8 Å². The van der Waals surface area contributed by atoms with Crippen LogP contribution in [0.25, 0.3) is 0 Å². The van der Waals surface area contributed by atoms with Gasteiger partial charge in [-0.1, -0.05) is 15.9 Å². The first-order chi connectivity index (χ1) is 10.9. The fourth-order valence-corrected chi connectivity index (χ4v) is 2.32. The van der Waals surface area contributed by atoms with Crippen molar-refractivity contribution in [3.05, 3.63) is 58.1 Å². The van der Waals surface area contributed by atoms with Gasteiger partial charge in [0, 0.05) is 22.8 Å². The Kier molecular flexibility index (Phi) is 5.13. The van der Waals surface area contributed by atoms with E-state index in [0.717, 1.165) is 0 Å². The van der Waals surface area contributed by atoms with Crippen LogP contribution in [0.1, 0.15) is 27.6 Å². The number of nitrogens with two attached hydrogens (primary N) is 1. The summed E-state index contributed by atoms with van der Waals surface area (Å²) in [5.74, 6) is -1.31. The van der Waals surface area contributed by atoms with Gasteiger partial charge in [-0.25, -0.2) is 0 Å². The number of benzene rings is 2. The summed E-state index contributed by atoms with van der Waals surface area (Å²) < 4.78 is 0.661. The minimum atomic E-state index is -0.677. The number of rotatable bonds is 4. The van der Waals surface area contributed by atoms with Crippen molar-refractivity contribution in [2.24, 2.45) is 5.73 Å². The Morgan fingerprint density at radius 2 is 1.48 bits per heavy atom. The smallest absolute Gasteiger partial charge is 0.256 e. The Morgan fingerprint density at radius 3 is 2.00 bits per heavy atom. The van der Waals surface area contributed by atoms with E-state index in [2.05, 4.69) is 26.6 Å². The number of nitrogens with one attached hydrogen (secondary N) is 2. The minimum Gasteiger partial charge on any atom is -0.366 e. The Morgan fingerprint density at radius 1 is 0.913 bits per heavy atom. The summed E-state index contributed by atoms with van der Waals surface area (Å²) in [5, 5.41) is 5.31. The molecule has 0 aromatic heterocycles. The van der Waals surface area contributed by atoms with Gasteiger partial charge >= 0.3 is 0 Å². The largest absolute Gasteiger partial charge is 0.366 e. The van der Waals surface area contributed by atoms with Gasteiger partial charge in [-0.15, -0.1) is 0 Å². The van der Waals surface area contributed by atoms with Crippen molar-refractivity contribution < 1.29 is 14.4 Å². The molecule has 0 aliphatic rings. The molecule has 3 amide bonds. The van der Waals surface area contributed by atoms with Crippen LogP contribution in [0.3, 0.4) is 0 Å². The van der Waals surface area contributed by atoms with Crippen LogP contribution in [-0.4, -0.2) is 17.7 Å². The third-order valence-corrected chi connectivity index (χ3v) is 3.45. The lowest BCUT2D eigenvalue weighted by atomic mass is 10.1. The van der Waals surface area contributed by atoms with Crippen molar-refractivity contribution in [3.8, 4) is 0 Å². The van der Waals surface area contributed by atoms with Gasteiger partial charge < -0.3 is 16.4 Å². The summed E-state index contributed by atoms with van der Waals surface area (Å²) in [6.07, 6.45) is 0. The maximum absolute atomic E-state index is 12.3. The SMILES string of the molecule is CC(=O)Nc1ccc(NC(=O)c2cc(Br)ccc2C(N)=O)cc1. The first kappa shape index (κ1) is 16.7. The van der Waals surface area contributed by atoms with E-state index in [4.69, 9.17) is 5.73 Å². The van der Waals surface area contributed by atoms with Gasteiger partial charge in [-0.05, 0) is 42.5 Å². The van der Waals surface area contributed by atoms with Crippen molar-refractivity contribution in [1.29, 1.82) is 0 Å². The zero-order chi connectivity index (χ0) is 17.0. The summed E-state index contributed by atoms with van der Waals surface area (Å²) >= 11 is 3.26. The van der Waals surface area contributed by atoms with Crippen molar-refractivity contribution in [2.45, 2.75) is 6.92 Å². The number of hydrogen-bond donors (Lipinski definition) is 3. The Labute approximate surface area is 141 Å². The maximum atomic E-state index is 12.3. The first-order valence-corrected chi connectivity index (χ1v) is 7.44. The Bertz CT molecular complexity index is 773. The molecule has 0 unspecified atom stereocenters. The average Bonchev–Trinajstić information content (AvgIpc) is 2.48. The highest BCUT2D eigenvalue weighted by Gasteiger charge is 2.15. The van der Waals surface area contributed by atoms with Gasteiger partial charge in [-0.2, -0.15) is 0 Å². The molecule has 23 heavy (non-hydrogen) atoms. The van der Waals surface area contributed by atoms with E-state index in [9.17, 15) is 14.4 Å². The molecule has 0 fully saturated rings. The second-order valence-electron chi connectivity index (χ2n) is 4.77. The third kappa shape index (κ3) is 4.40. The number of anilines is 2. The van der Waals surface area contributed by atoms with Crippen molar-refractivity contribution >= 4 is 45.0 Å². The van der Waals surface area contributed by atoms with Gasteiger partial charge in [0.25, 0.3) is 5.91 Å². The zero-order valence-corrected chi connectivity index (χ0v) is 13.8. The molecule has 0 atom stereocenters. The zero-order valence-electron chi connectivity index (χ0n) is 12.2. The van der Waals surface area contributed by atoms with Gasteiger partial charge in [0.2, 0.25) is 11.8 Å². The van der Waals surface area contributed by atoms with Gasteiger partial charge in [0.05, 0.1) is 11.1 Å². The summed E-state index contributed by atoms with van der Waals surface area (Å²) in [6, 6.07) is 11.3. The first-order valence-electron chi connectivity index (χ1n) is 6.65. The second-order valence-corrected chi connectivity index (χ2v) is 5.68. The average molecular weight is 376 g/mol. The van der Waals surface area contributed by atoms with Crippen LogP contribution in [0.15, 0.2) is 46.9 Å². The van der Waals surface area contributed by atoms with E-state index in [1.54, 1.807) is 30.3 Å². The van der Waals surface area contributed by atoms with E-state index in [-0.39, 0.29) is 17.0 Å². The quantitative estimate of drug-likeness (QED) is 0.765. The van der Waals surface area contributed by atoms with Crippen LogP contribution in [0.4, 0.5) is 11.4 Å². The van der Waals surface area contributed by atoms with Crippen LogP contribution in [0.2, 0.25) is 0 Å². The highest BCUT2D eigenvalue weighted by atomic mass is 79.9. The lowest BCUT2D eigenvalue weighted by Gasteiger charge is -2.10. The Hall–Kier alpha value is -2.67. The molecule has 0 aliphatic heterocycles. The molecule has 4 N–H and O–H groups in total. The molecule has 2 rings (SSSR count). The predicted octanol–water partition coefficient (Wildman–Crippen LogP) is 2.76. The number of carbonyl (C=O) groups excluding carboxylic acids is 3. The molecule has 0 spiro atoms. The predicted molar refractivity (Wildman–Crippen MR) is 91.4 cm³/mol. The topological polar surface area (TPSA) is 101 Å². The van der Waals surface area contributed by atoms with E-state index >= 15 is 0 Å². The molecule has 2 aromatic rings. The summed E-state index contributed by atoms with van der Waals surface area (Å²) in [7, 11) is 0. The fourth-order valence-electron chi connectivity index (χ4n) is 1.96. The van der Waals surface area contributed by atoms with Crippen molar-refractivity contribution in [1.82, 2.24) is 0 Å². The number of amides is 3. The number of halogens is 1. The molecule has 0 saturated heterocycles. The number of primary amides is 1. The maximum Gasteiger partial charge on any atom is 0.256 e. The molecular formula is C16H14BrN3O3. The van der Waals surface area contributed by atoms with E-state index < -0.39 is 11.8 Å². The third-order valence-electron chi connectivity index (χ3n) is 2.95. The van der Waals surface area contributed by atoms with Crippen LogP contribution in [0.5, 0.6) is 0 Å². The molecule has 0 saturated carbocycles. The molecule has 118 valence electrons. The Balaban J connectivity index is 2.20. The highest BCUT2D eigenvalue weighted by molar-refractivity contribution is 9.10. The molecule has 6 nitrogen and oxygen atoms in total. The minimum absolute atomic E-state index is 0.139. The molecule has 0 bridgehead atoms. The summed E-state index contributed by atoms with van der Waals surface area (Å²) in [4.78, 5) is 34.7. The normalized spacial score (nSPS) is 10.0. The monoisotopic (exact) mass is 375 g/mol. The lowest BCUT2D eigenvalue weighted by Crippen LogP contribution is -2.20. The van der Waals surface area contributed by atoms with E-state index in [1.165, 1.54) is 19.1 Å². The lowest BCUT2D eigenvalue weighted by molar-refractivity contribution is -0.114. The molecule has 0 heterocycles. The molecule has 0 aliphatic carbocycles. The van der Waals surface area contributed by atoms with Crippen LogP contribution in [-0.2, 0) is 4.79 Å². The molecule has 2 aromatic carbocycles. The molecule has 0 radical (unpaired) electrons.